The van der Waals surface area contributed by atoms with Crippen LogP contribution >= 0.6 is 0 Å². The molecule has 0 amide bonds. The summed E-state index contributed by atoms with van der Waals surface area (Å²) in [5.74, 6) is -0.813. The van der Waals surface area contributed by atoms with Crippen molar-refractivity contribution < 1.29 is 18.3 Å². The minimum atomic E-state index is -3.29. The quantitative estimate of drug-likeness (QED) is 0.891. The number of nitrogens with zero attached hydrogens (tertiary/aromatic N) is 1. The molecule has 1 aromatic rings. The van der Waals surface area contributed by atoms with Crippen LogP contribution in [-0.4, -0.2) is 32.8 Å². The molecular formula is C12H15NO4S. The van der Waals surface area contributed by atoms with Crippen LogP contribution < -0.4 is 4.31 Å². The molecule has 2 rings (SSSR count). The zero-order valence-electron chi connectivity index (χ0n) is 10.3. The lowest BCUT2D eigenvalue weighted by Gasteiger charge is -2.18. The number of hydrogen-bond donors (Lipinski definition) is 1. The normalized spacial score (nSPS) is 17.2. The van der Waals surface area contributed by atoms with E-state index >= 15 is 0 Å². The van der Waals surface area contributed by atoms with Crippen LogP contribution in [0.3, 0.4) is 0 Å². The number of aliphatic carboxylic acids is 1. The van der Waals surface area contributed by atoms with Gasteiger partial charge >= 0.3 is 5.97 Å². The van der Waals surface area contributed by atoms with E-state index in [-0.39, 0.29) is 0 Å². The molecule has 98 valence electrons. The number of carboxylic acids is 1. The minimum absolute atomic E-state index is 0.530. The number of sulfonamides is 1. The largest absolute Gasteiger partial charge is 0.481 e. The lowest BCUT2D eigenvalue weighted by atomic mass is 9.96. The van der Waals surface area contributed by atoms with Gasteiger partial charge in [-0.15, -0.1) is 0 Å². The van der Waals surface area contributed by atoms with E-state index in [1.54, 1.807) is 24.3 Å². The SMILES string of the molecule is CN(c1ccc(C2(C(=O)O)CC2)cc1)S(C)(=O)=O. The van der Waals surface area contributed by atoms with E-state index in [1.165, 1.54) is 7.05 Å². The zero-order chi connectivity index (χ0) is 13.6. The monoisotopic (exact) mass is 269 g/mol. The van der Waals surface area contributed by atoms with Gasteiger partial charge < -0.3 is 5.11 Å². The summed E-state index contributed by atoms with van der Waals surface area (Å²) >= 11 is 0. The summed E-state index contributed by atoms with van der Waals surface area (Å²) in [4.78, 5) is 11.2. The molecular weight excluding hydrogens is 254 g/mol. The van der Waals surface area contributed by atoms with Crippen molar-refractivity contribution >= 4 is 21.7 Å². The topological polar surface area (TPSA) is 74.7 Å². The molecule has 1 N–H and O–H groups in total. The molecule has 1 aliphatic rings. The molecule has 0 bridgehead atoms. The Morgan fingerprint density at radius 1 is 1.28 bits per heavy atom. The minimum Gasteiger partial charge on any atom is -0.481 e. The average Bonchev–Trinajstić information content (AvgIpc) is 3.08. The second-order valence-corrected chi connectivity index (χ2v) is 6.68. The highest BCUT2D eigenvalue weighted by Crippen LogP contribution is 2.48. The number of rotatable bonds is 4. The molecule has 1 saturated carbocycles. The molecule has 1 aromatic carbocycles. The van der Waals surface area contributed by atoms with Crippen molar-refractivity contribution in [3.8, 4) is 0 Å². The van der Waals surface area contributed by atoms with Gasteiger partial charge in [-0.2, -0.15) is 0 Å². The fraction of sp³-hybridized carbons (Fsp3) is 0.417. The number of carbonyl (C=O) groups is 1. The predicted molar refractivity (Wildman–Crippen MR) is 68.2 cm³/mol. The Morgan fingerprint density at radius 2 is 1.78 bits per heavy atom. The number of hydrogen-bond acceptors (Lipinski definition) is 3. The van der Waals surface area contributed by atoms with Crippen molar-refractivity contribution in [1.82, 2.24) is 0 Å². The van der Waals surface area contributed by atoms with Crippen LogP contribution in [0.2, 0.25) is 0 Å². The van der Waals surface area contributed by atoms with E-state index in [1.807, 2.05) is 0 Å². The third-order valence-corrected chi connectivity index (χ3v) is 4.65. The van der Waals surface area contributed by atoms with Crippen LogP contribution in [0.5, 0.6) is 0 Å². The van der Waals surface area contributed by atoms with E-state index in [4.69, 9.17) is 5.11 Å². The van der Waals surface area contributed by atoms with Crippen molar-refractivity contribution in [2.45, 2.75) is 18.3 Å². The van der Waals surface area contributed by atoms with Crippen molar-refractivity contribution in [3.63, 3.8) is 0 Å². The molecule has 1 aliphatic carbocycles. The maximum Gasteiger partial charge on any atom is 0.314 e. The first-order valence-corrected chi connectivity index (χ1v) is 7.40. The van der Waals surface area contributed by atoms with Crippen LogP contribution in [0, 0.1) is 0 Å². The van der Waals surface area contributed by atoms with Gasteiger partial charge in [0.2, 0.25) is 10.0 Å². The van der Waals surface area contributed by atoms with Gasteiger partial charge in [-0.3, -0.25) is 9.10 Å². The molecule has 0 atom stereocenters. The Morgan fingerprint density at radius 3 is 2.11 bits per heavy atom. The van der Waals surface area contributed by atoms with Crippen molar-refractivity contribution in [1.29, 1.82) is 0 Å². The second kappa shape index (κ2) is 3.98. The van der Waals surface area contributed by atoms with E-state index in [2.05, 4.69) is 0 Å². The molecule has 0 aromatic heterocycles. The third kappa shape index (κ3) is 2.08. The molecule has 0 radical (unpaired) electrons. The van der Waals surface area contributed by atoms with Crippen LogP contribution in [0.1, 0.15) is 18.4 Å². The Bertz CT molecular complexity index is 573. The van der Waals surface area contributed by atoms with Crippen molar-refractivity contribution in [2.75, 3.05) is 17.6 Å². The third-order valence-electron chi connectivity index (χ3n) is 3.44. The average molecular weight is 269 g/mol. The fourth-order valence-corrected chi connectivity index (χ4v) is 2.44. The molecule has 0 heterocycles. The summed E-state index contributed by atoms with van der Waals surface area (Å²) in [5, 5.41) is 9.16. The highest BCUT2D eigenvalue weighted by Gasteiger charge is 2.51. The Labute approximate surface area is 106 Å². The zero-order valence-corrected chi connectivity index (χ0v) is 11.1. The Hall–Kier alpha value is -1.56. The van der Waals surface area contributed by atoms with Gasteiger partial charge in [-0.05, 0) is 30.5 Å². The van der Waals surface area contributed by atoms with Gasteiger partial charge in [0.1, 0.15) is 0 Å². The highest BCUT2D eigenvalue weighted by molar-refractivity contribution is 7.92. The standard InChI is InChI=1S/C12H15NO4S/c1-13(18(2,16)17)10-5-3-9(4-6-10)12(7-8-12)11(14)15/h3-6H,7-8H2,1-2H3,(H,14,15). The van der Waals surface area contributed by atoms with E-state index in [9.17, 15) is 13.2 Å². The summed E-state index contributed by atoms with van der Waals surface area (Å²) in [6.45, 7) is 0. The molecule has 0 unspecified atom stereocenters. The van der Waals surface area contributed by atoms with E-state index in [0.717, 1.165) is 16.1 Å². The predicted octanol–water partition coefficient (Wildman–Crippen LogP) is 1.20. The van der Waals surface area contributed by atoms with Crippen LogP contribution in [0.15, 0.2) is 24.3 Å². The first-order valence-electron chi connectivity index (χ1n) is 5.55. The lowest BCUT2D eigenvalue weighted by molar-refractivity contribution is -0.140. The van der Waals surface area contributed by atoms with Crippen LogP contribution in [0.25, 0.3) is 0 Å². The molecule has 0 aliphatic heterocycles. The first-order chi connectivity index (χ1) is 8.27. The van der Waals surface area contributed by atoms with Gasteiger partial charge in [0, 0.05) is 7.05 Å². The van der Waals surface area contributed by atoms with Crippen molar-refractivity contribution in [2.24, 2.45) is 0 Å². The lowest BCUT2D eigenvalue weighted by Crippen LogP contribution is -2.25. The summed E-state index contributed by atoms with van der Waals surface area (Å²) in [7, 11) is -1.82. The maximum absolute atomic E-state index is 11.4. The van der Waals surface area contributed by atoms with E-state index < -0.39 is 21.4 Å². The fourth-order valence-electron chi connectivity index (χ4n) is 1.93. The molecule has 0 saturated heterocycles. The van der Waals surface area contributed by atoms with Gasteiger partial charge in [0.05, 0.1) is 17.4 Å². The summed E-state index contributed by atoms with van der Waals surface area (Å²) in [6.07, 6.45) is 2.41. The van der Waals surface area contributed by atoms with Gasteiger partial charge in [-0.1, -0.05) is 12.1 Å². The first kappa shape index (κ1) is 12.9. The summed E-state index contributed by atoms with van der Waals surface area (Å²) in [5.41, 5.74) is 0.519. The highest BCUT2D eigenvalue weighted by atomic mass is 32.2. The molecule has 18 heavy (non-hydrogen) atoms. The van der Waals surface area contributed by atoms with Gasteiger partial charge in [0.15, 0.2) is 0 Å². The molecule has 5 nitrogen and oxygen atoms in total. The van der Waals surface area contributed by atoms with E-state index in [0.29, 0.717) is 18.5 Å². The number of carboxylic acid groups (broad SMARTS) is 1. The smallest absolute Gasteiger partial charge is 0.314 e. The molecule has 6 heteroatoms. The van der Waals surface area contributed by atoms with Crippen LogP contribution in [0.4, 0.5) is 5.69 Å². The molecule has 0 spiro atoms. The Balaban J connectivity index is 2.29. The summed E-state index contributed by atoms with van der Waals surface area (Å²) in [6, 6.07) is 6.66. The number of benzene rings is 1. The van der Waals surface area contributed by atoms with Gasteiger partial charge in [0.25, 0.3) is 0 Å². The maximum atomic E-state index is 11.4. The second-order valence-electron chi connectivity index (χ2n) is 4.66. The molecule has 1 fully saturated rings. The number of anilines is 1. The Kier molecular flexibility index (Phi) is 2.85. The van der Waals surface area contributed by atoms with Crippen molar-refractivity contribution in [3.05, 3.63) is 29.8 Å². The van der Waals surface area contributed by atoms with Gasteiger partial charge in [-0.25, -0.2) is 8.42 Å². The summed E-state index contributed by atoms with van der Waals surface area (Å²) < 4.78 is 23.9. The van der Waals surface area contributed by atoms with Crippen LogP contribution in [-0.2, 0) is 20.2 Å².